The number of carbonyl (C=O) groups excluding carboxylic acids is 2. The molecule has 1 aliphatic heterocycles. The highest BCUT2D eigenvalue weighted by atomic mass is 32.1. The number of hydrogen-bond donors (Lipinski definition) is 0. The van der Waals surface area contributed by atoms with E-state index in [0.29, 0.717) is 11.3 Å². The predicted octanol–water partition coefficient (Wildman–Crippen LogP) is 3.33. The summed E-state index contributed by atoms with van der Waals surface area (Å²) in [6.45, 7) is 2.58. The van der Waals surface area contributed by atoms with Crippen molar-refractivity contribution in [2.45, 2.75) is 32.2 Å². The lowest BCUT2D eigenvalue weighted by Crippen LogP contribution is -2.36. The minimum absolute atomic E-state index is 0.00158. The third-order valence-electron chi connectivity index (χ3n) is 4.09. The van der Waals surface area contributed by atoms with Crippen molar-refractivity contribution in [3.8, 4) is 0 Å². The second-order valence-electron chi connectivity index (χ2n) is 5.55. The summed E-state index contributed by atoms with van der Waals surface area (Å²) in [7, 11) is 0. The van der Waals surface area contributed by atoms with Crippen LogP contribution in [0.2, 0.25) is 0 Å². The van der Waals surface area contributed by atoms with Crippen molar-refractivity contribution in [3.63, 3.8) is 0 Å². The molecule has 1 saturated heterocycles. The van der Waals surface area contributed by atoms with Gasteiger partial charge in [0.05, 0.1) is 11.2 Å². The smallest absolute Gasteiger partial charge is 0.266 e. The molecular weight excluding hydrogens is 296 g/mol. The quantitative estimate of drug-likeness (QED) is 0.813. The number of likely N-dealkylation sites (tertiary alicyclic amines) is 1. The Kier molecular flexibility index (Phi) is 4.34. The highest BCUT2D eigenvalue weighted by Gasteiger charge is 2.32. The summed E-state index contributed by atoms with van der Waals surface area (Å²) >= 11 is 1.37. The monoisotopic (exact) mass is 314 g/mol. The number of rotatable bonds is 4. The molecule has 3 rings (SSSR count). The molecule has 22 heavy (non-hydrogen) atoms. The minimum atomic E-state index is 0.00158. The van der Waals surface area contributed by atoms with Gasteiger partial charge in [0.2, 0.25) is 0 Å². The van der Waals surface area contributed by atoms with Gasteiger partial charge in [-0.1, -0.05) is 30.3 Å². The van der Waals surface area contributed by atoms with Crippen LogP contribution in [0.1, 0.15) is 45.0 Å². The van der Waals surface area contributed by atoms with E-state index in [1.807, 2.05) is 42.2 Å². The molecule has 4 nitrogen and oxygen atoms in total. The van der Waals surface area contributed by atoms with Gasteiger partial charge in [0.25, 0.3) is 5.91 Å². The van der Waals surface area contributed by atoms with Crippen LogP contribution in [0.3, 0.4) is 0 Å². The maximum absolute atomic E-state index is 12.6. The van der Waals surface area contributed by atoms with Crippen LogP contribution in [-0.4, -0.2) is 34.2 Å². The highest BCUT2D eigenvalue weighted by molar-refractivity contribution is 7.11. The molecule has 1 aliphatic rings. The predicted molar refractivity (Wildman–Crippen MR) is 86.3 cm³/mol. The second-order valence-corrected chi connectivity index (χ2v) is 6.41. The molecule has 0 unspecified atom stereocenters. The van der Waals surface area contributed by atoms with Crippen molar-refractivity contribution < 1.29 is 9.59 Å². The van der Waals surface area contributed by atoms with E-state index < -0.39 is 0 Å². The van der Waals surface area contributed by atoms with Gasteiger partial charge < -0.3 is 4.90 Å². The Balaban J connectivity index is 1.72. The minimum Gasteiger partial charge on any atom is -0.334 e. The summed E-state index contributed by atoms with van der Waals surface area (Å²) in [5, 5.41) is 0. The summed E-state index contributed by atoms with van der Waals surface area (Å²) in [5.41, 5.74) is 3.19. The molecule has 0 saturated carbocycles. The average molecular weight is 314 g/mol. The second kappa shape index (κ2) is 6.40. The van der Waals surface area contributed by atoms with Gasteiger partial charge in [0.1, 0.15) is 4.88 Å². The third kappa shape index (κ3) is 2.95. The fourth-order valence-corrected chi connectivity index (χ4v) is 3.67. The van der Waals surface area contributed by atoms with Gasteiger partial charge >= 0.3 is 0 Å². The molecule has 1 aromatic heterocycles. The lowest BCUT2D eigenvalue weighted by Gasteiger charge is -2.24. The number of hydrogen-bond acceptors (Lipinski definition) is 4. The molecule has 0 N–H and O–H groups in total. The van der Waals surface area contributed by atoms with E-state index in [2.05, 4.69) is 4.98 Å². The summed E-state index contributed by atoms with van der Waals surface area (Å²) in [6.07, 6.45) is 2.24. The standard InChI is InChI=1S/C17H18N2O2S/c1-12-16(22-11-18-12)17(21)19-9-5-8-14(19)10-15(20)13-6-3-2-4-7-13/h2-4,6-7,11,14H,5,8-10H2,1H3/t14-/m1/s1. The summed E-state index contributed by atoms with van der Waals surface area (Å²) in [6, 6.07) is 9.29. The molecule has 1 amide bonds. The van der Waals surface area contributed by atoms with E-state index in [9.17, 15) is 9.59 Å². The van der Waals surface area contributed by atoms with Crippen LogP contribution in [0.25, 0.3) is 0 Å². The van der Waals surface area contributed by atoms with Gasteiger partial charge in [0.15, 0.2) is 5.78 Å². The molecule has 5 heteroatoms. The summed E-state index contributed by atoms with van der Waals surface area (Å²) in [5.74, 6) is 0.120. The van der Waals surface area contributed by atoms with Crippen LogP contribution in [0.15, 0.2) is 35.8 Å². The van der Waals surface area contributed by atoms with Crippen molar-refractivity contribution in [1.29, 1.82) is 0 Å². The van der Waals surface area contributed by atoms with Gasteiger partial charge in [-0.15, -0.1) is 11.3 Å². The lowest BCUT2D eigenvalue weighted by atomic mass is 10.0. The first-order valence-corrected chi connectivity index (χ1v) is 8.34. The molecule has 2 aromatic rings. The maximum Gasteiger partial charge on any atom is 0.266 e. The zero-order valence-electron chi connectivity index (χ0n) is 12.5. The van der Waals surface area contributed by atoms with Crippen molar-refractivity contribution in [1.82, 2.24) is 9.88 Å². The molecule has 0 radical (unpaired) electrons. The van der Waals surface area contributed by atoms with Crippen molar-refractivity contribution in [3.05, 3.63) is 52.0 Å². The number of ketones is 1. The highest BCUT2D eigenvalue weighted by Crippen LogP contribution is 2.26. The van der Waals surface area contributed by atoms with Crippen LogP contribution in [0, 0.1) is 6.92 Å². The number of thiazole rings is 1. The van der Waals surface area contributed by atoms with E-state index in [-0.39, 0.29) is 17.7 Å². The molecule has 1 aromatic carbocycles. The zero-order chi connectivity index (χ0) is 15.5. The van der Waals surface area contributed by atoms with E-state index in [4.69, 9.17) is 0 Å². The Hall–Kier alpha value is -2.01. The first-order chi connectivity index (χ1) is 10.7. The van der Waals surface area contributed by atoms with Crippen molar-refractivity contribution in [2.75, 3.05) is 6.54 Å². The van der Waals surface area contributed by atoms with Gasteiger partial charge in [-0.25, -0.2) is 4.98 Å². The van der Waals surface area contributed by atoms with E-state index in [1.54, 1.807) is 5.51 Å². The van der Waals surface area contributed by atoms with Gasteiger partial charge in [-0.2, -0.15) is 0 Å². The van der Waals surface area contributed by atoms with Crippen LogP contribution < -0.4 is 0 Å². The fraction of sp³-hybridized carbons (Fsp3) is 0.353. The summed E-state index contributed by atoms with van der Waals surface area (Å²) < 4.78 is 0. The van der Waals surface area contributed by atoms with Crippen molar-refractivity contribution in [2.24, 2.45) is 0 Å². The first kappa shape index (κ1) is 14.9. The Bertz CT molecular complexity index is 681. The molecule has 0 spiro atoms. The van der Waals surface area contributed by atoms with Crippen LogP contribution in [-0.2, 0) is 0 Å². The topological polar surface area (TPSA) is 50.3 Å². The van der Waals surface area contributed by atoms with Gasteiger partial charge in [-0.3, -0.25) is 9.59 Å². The fourth-order valence-electron chi connectivity index (χ4n) is 2.91. The third-order valence-corrected chi connectivity index (χ3v) is 5.01. The molecule has 114 valence electrons. The number of benzene rings is 1. The SMILES string of the molecule is Cc1ncsc1C(=O)N1CCC[C@@H]1CC(=O)c1ccccc1. The molecule has 1 fully saturated rings. The van der Waals surface area contributed by atoms with Crippen LogP contribution >= 0.6 is 11.3 Å². The normalized spacial score (nSPS) is 17.7. The molecule has 0 bridgehead atoms. The average Bonchev–Trinajstić information content (AvgIpc) is 3.16. The van der Waals surface area contributed by atoms with E-state index >= 15 is 0 Å². The number of Topliss-reactive ketones (excluding diaryl/α,β-unsaturated/α-hetero) is 1. The largest absolute Gasteiger partial charge is 0.334 e. The molecule has 1 atom stereocenters. The maximum atomic E-state index is 12.6. The molecular formula is C17H18N2O2S. The van der Waals surface area contributed by atoms with Crippen LogP contribution in [0.4, 0.5) is 0 Å². The summed E-state index contributed by atoms with van der Waals surface area (Å²) in [4.78, 5) is 31.7. The number of carbonyl (C=O) groups is 2. The number of amides is 1. The van der Waals surface area contributed by atoms with Crippen LogP contribution in [0.5, 0.6) is 0 Å². The number of aromatic nitrogens is 1. The van der Waals surface area contributed by atoms with Crippen molar-refractivity contribution >= 4 is 23.0 Å². The number of nitrogens with zero attached hydrogens (tertiary/aromatic N) is 2. The zero-order valence-corrected chi connectivity index (χ0v) is 13.3. The van der Waals surface area contributed by atoms with Gasteiger partial charge in [-0.05, 0) is 19.8 Å². The Morgan fingerprint density at radius 3 is 2.77 bits per heavy atom. The van der Waals surface area contributed by atoms with Gasteiger partial charge in [0, 0.05) is 24.6 Å². The first-order valence-electron chi connectivity index (χ1n) is 7.46. The molecule has 0 aliphatic carbocycles. The Morgan fingerprint density at radius 2 is 2.09 bits per heavy atom. The molecule has 2 heterocycles. The lowest BCUT2D eigenvalue weighted by molar-refractivity contribution is 0.0721. The van der Waals surface area contributed by atoms with E-state index in [1.165, 1.54) is 11.3 Å². The Labute approximate surface area is 133 Å². The number of aryl methyl sites for hydroxylation is 1. The van der Waals surface area contributed by atoms with E-state index in [0.717, 1.165) is 30.6 Å². The Morgan fingerprint density at radius 1 is 1.32 bits per heavy atom.